The van der Waals surface area contributed by atoms with Gasteiger partial charge in [-0.3, -0.25) is 19.1 Å². The second kappa shape index (κ2) is 8.75. The fourth-order valence-corrected chi connectivity index (χ4v) is 3.25. The number of carbonyl (C=O) groups is 1. The van der Waals surface area contributed by atoms with E-state index in [1.807, 2.05) is 38.1 Å². The van der Waals surface area contributed by atoms with Crippen LogP contribution in [-0.2, 0) is 11.3 Å². The Bertz CT molecular complexity index is 887. The van der Waals surface area contributed by atoms with Crippen molar-refractivity contribution in [1.82, 2.24) is 9.55 Å². The van der Waals surface area contributed by atoms with Crippen molar-refractivity contribution < 1.29 is 4.79 Å². The number of benzene rings is 1. The second-order valence-corrected chi connectivity index (χ2v) is 7.10. The van der Waals surface area contributed by atoms with Gasteiger partial charge in [-0.2, -0.15) is 0 Å². The lowest BCUT2D eigenvalue weighted by Crippen LogP contribution is -2.39. The standard InChI is InChI=1S/C18H24N4O3S/c1-4-5-10-22-16(19)15(17(24)20-18(22)25)21(3)14(23)11-26-13-8-6-12(2)7-9-13/h6-9H,4-5,10-11,19H2,1-3H3,(H,20,24,25). The van der Waals surface area contributed by atoms with Gasteiger partial charge in [-0.15, -0.1) is 11.8 Å². The monoisotopic (exact) mass is 376 g/mol. The van der Waals surface area contributed by atoms with Crippen LogP contribution in [0.3, 0.4) is 0 Å². The van der Waals surface area contributed by atoms with Crippen LogP contribution in [0.2, 0.25) is 0 Å². The van der Waals surface area contributed by atoms with Crippen LogP contribution in [0.1, 0.15) is 25.3 Å². The van der Waals surface area contributed by atoms with Crippen LogP contribution in [0.4, 0.5) is 11.5 Å². The van der Waals surface area contributed by atoms with Crippen LogP contribution in [0.5, 0.6) is 0 Å². The number of aryl methyl sites for hydroxylation is 1. The number of unbranched alkanes of at least 4 members (excludes halogenated alkanes) is 1. The van der Waals surface area contributed by atoms with Gasteiger partial charge in [0.25, 0.3) is 5.56 Å². The maximum atomic E-state index is 12.5. The van der Waals surface area contributed by atoms with E-state index in [4.69, 9.17) is 5.73 Å². The Kier molecular flexibility index (Phi) is 6.68. The molecule has 0 aliphatic carbocycles. The van der Waals surface area contributed by atoms with Gasteiger partial charge in [0.2, 0.25) is 5.91 Å². The molecule has 0 unspecified atom stereocenters. The Balaban J connectivity index is 2.20. The molecule has 0 aliphatic rings. The predicted octanol–water partition coefficient (Wildman–Crippen LogP) is 1.98. The Hall–Kier alpha value is -2.48. The quantitative estimate of drug-likeness (QED) is 0.720. The van der Waals surface area contributed by atoms with E-state index in [1.54, 1.807) is 0 Å². The lowest BCUT2D eigenvalue weighted by molar-refractivity contribution is -0.115. The van der Waals surface area contributed by atoms with E-state index >= 15 is 0 Å². The molecule has 0 saturated heterocycles. The van der Waals surface area contributed by atoms with Crippen molar-refractivity contribution in [3.63, 3.8) is 0 Å². The molecule has 0 bridgehead atoms. The highest BCUT2D eigenvalue weighted by molar-refractivity contribution is 8.00. The van der Waals surface area contributed by atoms with Crippen molar-refractivity contribution in [1.29, 1.82) is 0 Å². The molecule has 140 valence electrons. The summed E-state index contributed by atoms with van der Waals surface area (Å²) in [6.45, 7) is 4.38. The third kappa shape index (κ3) is 4.57. The first kappa shape index (κ1) is 19.8. The zero-order valence-corrected chi connectivity index (χ0v) is 16.1. The number of hydrogen-bond donors (Lipinski definition) is 2. The van der Waals surface area contributed by atoms with E-state index in [0.717, 1.165) is 23.3 Å². The number of nitrogens with one attached hydrogen (secondary N) is 1. The molecular weight excluding hydrogens is 352 g/mol. The normalized spacial score (nSPS) is 10.7. The van der Waals surface area contributed by atoms with Crippen LogP contribution in [0, 0.1) is 6.92 Å². The molecule has 0 atom stereocenters. The average molecular weight is 376 g/mol. The van der Waals surface area contributed by atoms with Crippen molar-refractivity contribution in [2.75, 3.05) is 23.4 Å². The first-order chi connectivity index (χ1) is 12.3. The summed E-state index contributed by atoms with van der Waals surface area (Å²) < 4.78 is 1.30. The molecule has 0 radical (unpaired) electrons. The minimum Gasteiger partial charge on any atom is -0.383 e. The summed E-state index contributed by atoms with van der Waals surface area (Å²) in [5.74, 6) is -0.0937. The number of nitrogens with zero attached hydrogens (tertiary/aromatic N) is 2. The Morgan fingerprint density at radius 1 is 1.27 bits per heavy atom. The number of aromatic nitrogens is 2. The van der Waals surface area contributed by atoms with Crippen LogP contribution >= 0.6 is 11.8 Å². The summed E-state index contributed by atoms with van der Waals surface area (Å²) >= 11 is 1.38. The fraction of sp³-hybridized carbons (Fsp3) is 0.389. The lowest BCUT2D eigenvalue weighted by atomic mass is 10.2. The number of H-pyrrole nitrogens is 1. The molecule has 2 rings (SSSR count). The van der Waals surface area contributed by atoms with Gasteiger partial charge in [0.05, 0.1) is 5.75 Å². The molecule has 2 aromatic rings. The number of aromatic amines is 1. The van der Waals surface area contributed by atoms with Crippen molar-refractivity contribution in [3.8, 4) is 0 Å². The van der Waals surface area contributed by atoms with E-state index in [1.165, 1.54) is 28.3 Å². The highest BCUT2D eigenvalue weighted by atomic mass is 32.2. The minimum atomic E-state index is -0.656. The molecule has 1 heterocycles. The predicted molar refractivity (Wildman–Crippen MR) is 106 cm³/mol. The van der Waals surface area contributed by atoms with Crippen molar-refractivity contribution in [2.24, 2.45) is 0 Å². The van der Waals surface area contributed by atoms with Crippen LogP contribution < -0.4 is 21.9 Å². The van der Waals surface area contributed by atoms with Gasteiger partial charge in [-0.1, -0.05) is 31.0 Å². The first-order valence-corrected chi connectivity index (χ1v) is 9.42. The van der Waals surface area contributed by atoms with E-state index in [0.29, 0.717) is 6.54 Å². The van der Waals surface area contributed by atoms with Crippen molar-refractivity contribution in [2.45, 2.75) is 38.1 Å². The molecular formula is C18H24N4O3S. The molecule has 7 nitrogen and oxygen atoms in total. The average Bonchev–Trinajstić information content (AvgIpc) is 2.60. The van der Waals surface area contributed by atoms with E-state index in [2.05, 4.69) is 4.98 Å². The molecule has 1 aromatic carbocycles. The summed E-state index contributed by atoms with van der Waals surface area (Å²) in [4.78, 5) is 41.1. The molecule has 3 N–H and O–H groups in total. The molecule has 0 spiro atoms. The van der Waals surface area contributed by atoms with Gasteiger partial charge in [0.15, 0.2) is 5.69 Å². The van der Waals surface area contributed by atoms with Crippen molar-refractivity contribution >= 4 is 29.2 Å². The molecule has 1 amide bonds. The highest BCUT2D eigenvalue weighted by Crippen LogP contribution is 2.21. The van der Waals surface area contributed by atoms with Gasteiger partial charge >= 0.3 is 5.69 Å². The smallest absolute Gasteiger partial charge is 0.330 e. The zero-order chi connectivity index (χ0) is 19.3. The lowest BCUT2D eigenvalue weighted by Gasteiger charge is -2.20. The third-order valence-corrected chi connectivity index (χ3v) is 5.04. The zero-order valence-electron chi connectivity index (χ0n) is 15.2. The van der Waals surface area contributed by atoms with Crippen LogP contribution in [0.25, 0.3) is 0 Å². The molecule has 0 fully saturated rings. The molecule has 26 heavy (non-hydrogen) atoms. The number of amides is 1. The number of anilines is 2. The maximum absolute atomic E-state index is 12.5. The number of thioether (sulfide) groups is 1. The minimum absolute atomic E-state index is 0.00945. The fourth-order valence-electron chi connectivity index (χ4n) is 2.44. The molecule has 0 aliphatic heterocycles. The second-order valence-electron chi connectivity index (χ2n) is 6.05. The van der Waals surface area contributed by atoms with Crippen molar-refractivity contribution in [3.05, 3.63) is 50.7 Å². The summed E-state index contributed by atoms with van der Waals surface area (Å²) in [7, 11) is 1.49. The topological polar surface area (TPSA) is 101 Å². The Morgan fingerprint density at radius 3 is 2.54 bits per heavy atom. The Morgan fingerprint density at radius 2 is 1.92 bits per heavy atom. The van der Waals surface area contributed by atoms with Gasteiger partial charge < -0.3 is 10.6 Å². The van der Waals surface area contributed by atoms with E-state index < -0.39 is 11.2 Å². The van der Waals surface area contributed by atoms with Gasteiger partial charge in [-0.05, 0) is 25.5 Å². The molecule has 8 heteroatoms. The van der Waals surface area contributed by atoms with E-state index in [9.17, 15) is 14.4 Å². The number of nitrogens with two attached hydrogens (primary N) is 1. The Labute approximate surface area is 156 Å². The number of carbonyl (C=O) groups excluding carboxylic acids is 1. The first-order valence-electron chi connectivity index (χ1n) is 8.43. The molecule has 0 saturated carbocycles. The summed E-state index contributed by atoms with van der Waals surface area (Å²) in [5, 5.41) is 0. The number of hydrogen-bond acceptors (Lipinski definition) is 5. The number of rotatable bonds is 7. The van der Waals surface area contributed by atoms with Crippen LogP contribution in [0.15, 0.2) is 38.8 Å². The largest absolute Gasteiger partial charge is 0.383 e. The summed E-state index contributed by atoms with van der Waals surface area (Å²) in [5.41, 5.74) is 5.97. The van der Waals surface area contributed by atoms with Gasteiger partial charge in [0, 0.05) is 18.5 Å². The van der Waals surface area contributed by atoms with Gasteiger partial charge in [-0.25, -0.2) is 4.79 Å². The third-order valence-electron chi connectivity index (χ3n) is 4.04. The number of nitrogen functional groups attached to an aromatic ring is 1. The SMILES string of the molecule is CCCCn1c(N)c(N(C)C(=O)CSc2ccc(C)cc2)c(=O)[nH]c1=O. The van der Waals surface area contributed by atoms with Gasteiger partial charge in [0.1, 0.15) is 5.82 Å². The maximum Gasteiger partial charge on any atom is 0.330 e. The highest BCUT2D eigenvalue weighted by Gasteiger charge is 2.20. The van der Waals surface area contributed by atoms with Crippen LogP contribution in [-0.4, -0.2) is 28.3 Å². The summed E-state index contributed by atoms with van der Waals surface area (Å²) in [6.07, 6.45) is 1.62. The summed E-state index contributed by atoms with van der Waals surface area (Å²) in [6, 6.07) is 7.84. The van der Waals surface area contributed by atoms with E-state index in [-0.39, 0.29) is 23.2 Å². The molecule has 1 aromatic heterocycles.